The second-order valence-corrected chi connectivity index (χ2v) is 5.70. The number of hydrogen-bond donors (Lipinski definition) is 3. The van der Waals surface area contributed by atoms with Gasteiger partial charge < -0.3 is 15.6 Å². The first-order valence-corrected chi connectivity index (χ1v) is 7.72. The normalized spacial score (nSPS) is 10.6. The van der Waals surface area contributed by atoms with Crippen molar-refractivity contribution in [3.05, 3.63) is 59.4 Å². The number of para-hydroxylation sites is 1. The highest BCUT2D eigenvalue weighted by Gasteiger charge is 2.03. The minimum absolute atomic E-state index is 0.551. The van der Waals surface area contributed by atoms with Crippen molar-refractivity contribution in [1.29, 1.82) is 0 Å². The van der Waals surface area contributed by atoms with Crippen molar-refractivity contribution in [2.24, 2.45) is 0 Å². The lowest BCUT2D eigenvalue weighted by Crippen LogP contribution is -2.30. The summed E-state index contributed by atoms with van der Waals surface area (Å²) >= 11 is 11.1. The van der Waals surface area contributed by atoms with Gasteiger partial charge in [-0.25, -0.2) is 4.98 Å². The van der Waals surface area contributed by atoms with E-state index in [2.05, 4.69) is 32.7 Å². The standard InChI is InChI=1S/C16H15ClN4S/c17-12-5-6-15(20-10-12)21-16(22)18-8-7-11-9-19-14-4-2-1-3-13(11)14/h1-6,9-10,19H,7-8H2,(H2,18,20,21,22). The fourth-order valence-electron chi connectivity index (χ4n) is 2.26. The lowest BCUT2D eigenvalue weighted by molar-refractivity contribution is 0.877. The highest BCUT2D eigenvalue weighted by Crippen LogP contribution is 2.17. The van der Waals surface area contributed by atoms with E-state index in [-0.39, 0.29) is 0 Å². The molecule has 0 bridgehead atoms. The van der Waals surface area contributed by atoms with E-state index in [1.807, 2.05) is 18.3 Å². The largest absolute Gasteiger partial charge is 0.362 e. The molecule has 0 saturated carbocycles. The third kappa shape index (κ3) is 3.55. The molecule has 0 aliphatic carbocycles. The van der Waals surface area contributed by atoms with E-state index in [1.165, 1.54) is 10.9 Å². The Morgan fingerprint density at radius 2 is 2.09 bits per heavy atom. The summed E-state index contributed by atoms with van der Waals surface area (Å²) in [5.74, 6) is 0.675. The lowest BCUT2D eigenvalue weighted by Gasteiger charge is -2.09. The molecule has 0 unspecified atom stereocenters. The molecular formula is C16H15ClN4S. The Bertz CT molecular complexity index is 782. The summed E-state index contributed by atoms with van der Waals surface area (Å²) in [6.45, 7) is 0.751. The number of rotatable bonds is 4. The van der Waals surface area contributed by atoms with E-state index in [4.69, 9.17) is 23.8 Å². The van der Waals surface area contributed by atoms with Gasteiger partial charge in [-0.1, -0.05) is 29.8 Å². The van der Waals surface area contributed by atoms with Crippen molar-refractivity contribution < 1.29 is 0 Å². The van der Waals surface area contributed by atoms with Gasteiger partial charge in [0.15, 0.2) is 5.11 Å². The molecule has 0 spiro atoms. The maximum Gasteiger partial charge on any atom is 0.171 e. The maximum atomic E-state index is 5.79. The van der Waals surface area contributed by atoms with Crippen LogP contribution in [-0.4, -0.2) is 21.6 Å². The topological polar surface area (TPSA) is 52.7 Å². The van der Waals surface area contributed by atoms with Crippen LogP contribution in [0.3, 0.4) is 0 Å². The van der Waals surface area contributed by atoms with E-state index in [1.54, 1.807) is 18.3 Å². The number of H-pyrrole nitrogens is 1. The number of pyridine rings is 1. The van der Waals surface area contributed by atoms with Gasteiger partial charge in [-0.15, -0.1) is 0 Å². The number of anilines is 1. The van der Waals surface area contributed by atoms with E-state index in [0.717, 1.165) is 18.5 Å². The number of hydrogen-bond acceptors (Lipinski definition) is 2. The molecule has 6 heteroatoms. The molecule has 112 valence electrons. The lowest BCUT2D eigenvalue weighted by atomic mass is 10.1. The zero-order valence-corrected chi connectivity index (χ0v) is 13.3. The zero-order chi connectivity index (χ0) is 15.4. The fraction of sp³-hybridized carbons (Fsp3) is 0.125. The van der Waals surface area contributed by atoms with Crippen LogP contribution >= 0.6 is 23.8 Å². The Balaban J connectivity index is 1.52. The maximum absolute atomic E-state index is 5.79. The summed E-state index contributed by atoms with van der Waals surface area (Å²) in [7, 11) is 0. The zero-order valence-electron chi connectivity index (χ0n) is 11.8. The Morgan fingerprint density at radius 3 is 2.91 bits per heavy atom. The number of benzene rings is 1. The van der Waals surface area contributed by atoms with Crippen LogP contribution in [0.4, 0.5) is 5.82 Å². The second kappa shape index (κ2) is 6.77. The number of thiocarbonyl (C=S) groups is 1. The number of aromatic nitrogens is 2. The fourth-order valence-corrected chi connectivity index (χ4v) is 2.58. The highest BCUT2D eigenvalue weighted by molar-refractivity contribution is 7.80. The molecule has 2 heterocycles. The van der Waals surface area contributed by atoms with E-state index in [9.17, 15) is 0 Å². The van der Waals surface area contributed by atoms with Crippen molar-refractivity contribution in [1.82, 2.24) is 15.3 Å². The van der Waals surface area contributed by atoms with Crippen LogP contribution in [0.5, 0.6) is 0 Å². The molecule has 0 atom stereocenters. The van der Waals surface area contributed by atoms with Crippen molar-refractivity contribution in [2.75, 3.05) is 11.9 Å². The van der Waals surface area contributed by atoms with Crippen molar-refractivity contribution in [3.8, 4) is 0 Å². The van der Waals surface area contributed by atoms with Crippen molar-refractivity contribution in [3.63, 3.8) is 0 Å². The molecule has 0 saturated heterocycles. The third-order valence-corrected chi connectivity index (χ3v) is 3.79. The van der Waals surface area contributed by atoms with Gasteiger partial charge >= 0.3 is 0 Å². The van der Waals surface area contributed by atoms with Crippen LogP contribution in [0, 0.1) is 0 Å². The predicted octanol–water partition coefficient (Wildman–Crippen LogP) is 3.75. The number of aromatic amines is 1. The predicted molar refractivity (Wildman–Crippen MR) is 95.5 cm³/mol. The third-order valence-electron chi connectivity index (χ3n) is 3.32. The smallest absolute Gasteiger partial charge is 0.171 e. The van der Waals surface area contributed by atoms with Gasteiger partial charge in [-0.3, -0.25) is 0 Å². The Labute approximate surface area is 138 Å². The van der Waals surface area contributed by atoms with Gasteiger partial charge in [0, 0.05) is 29.8 Å². The van der Waals surface area contributed by atoms with Gasteiger partial charge in [0.1, 0.15) is 5.82 Å². The van der Waals surface area contributed by atoms with Crippen molar-refractivity contribution in [2.45, 2.75) is 6.42 Å². The SMILES string of the molecule is S=C(NCCc1c[nH]c2ccccc12)Nc1ccc(Cl)cn1. The number of nitrogens with one attached hydrogen (secondary N) is 3. The summed E-state index contributed by atoms with van der Waals surface area (Å²) < 4.78 is 0. The first kappa shape index (κ1) is 14.8. The molecule has 4 nitrogen and oxygen atoms in total. The van der Waals surface area contributed by atoms with E-state index >= 15 is 0 Å². The minimum Gasteiger partial charge on any atom is -0.362 e. The minimum atomic E-state index is 0.551. The molecule has 3 N–H and O–H groups in total. The summed E-state index contributed by atoms with van der Waals surface area (Å²) in [6.07, 6.45) is 4.52. The van der Waals surface area contributed by atoms with Crippen molar-refractivity contribution >= 4 is 45.7 Å². The van der Waals surface area contributed by atoms with Crippen LogP contribution in [-0.2, 0) is 6.42 Å². The average Bonchev–Trinajstić information content (AvgIpc) is 2.93. The highest BCUT2D eigenvalue weighted by atomic mass is 35.5. The van der Waals surface area contributed by atoms with Gasteiger partial charge in [0.2, 0.25) is 0 Å². The summed E-state index contributed by atoms with van der Waals surface area (Å²) in [4.78, 5) is 7.41. The first-order valence-electron chi connectivity index (χ1n) is 6.94. The summed E-state index contributed by atoms with van der Waals surface area (Å²) in [5, 5.41) is 8.62. The summed E-state index contributed by atoms with van der Waals surface area (Å²) in [5.41, 5.74) is 2.43. The monoisotopic (exact) mass is 330 g/mol. The molecule has 1 aromatic carbocycles. The van der Waals surface area contributed by atoms with E-state index < -0.39 is 0 Å². The molecule has 2 aromatic heterocycles. The van der Waals surface area contributed by atoms with Gasteiger partial charge in [-0.05, 0) is 42.4 Å². The molecular weight excluding hydrogens is 316 g/mol. The molecule has 0 amide bonds. The molecule has 0 fully saturated rings. The molecule has 3 rings (SSSR count). The quantitative estimate of drug-likeness (QED) is 0.638. The molecule has 0 aliphatic rings. The molecule has 22 heavy (non-hydrogen) atoms. The van der Waals surface area contributed by atoms with Crippen LogP contribution in [0.2, 0.25) is 5.02 Å². The van der Waals surface area contributed by atoms with Crippen LogP contribution < -0.4 is 10.6 Å². The first-order chi connectivity index (χ1) is 10.7. The summed E-state index contributed by atoms with van der Waals surface area (Å²) in [6, 6.07) is 11.8. The Kier molecular flexibility index (Phi) is 4.56. The van der Waals surface area contributed by atoms with Gasteiger partial charge in [-0.2, -0.15) is 0 Å². The number of halogens is 1. The Hall–Kier alpha value is -2.11. The van der Waals surface area contributed by atoms with Crippen LogP contribution in [0.25, 0.3) is 10.9 Å². The van der Waals surface area contributed by atoms with Crippen LogP contribution in [0.1, 0.15) is 5.56 Å². The molecule has 0 aliphatic heterocycles. The van der Waals surface area contributed by atoms with Crippen LogP contribution in [0.15, 0.2) is 48.8 Å². The van der Waals surface area contributed by atoms with Gasteiger partial charge in [0.05, 0.1) is 5.02 Å². The molecule has 0 radical (unpaired) electrons. The number of nitrogens with zero attached hydrogens (tertiary/aromatic N) is 1. The second-order valence-electron chi connectivity index (χ2n) is 4.85. The molecule has 3 aromatic rings. The average molecular weight is 331 g/mol. The Morgan fingerprint density at radius 1 is 1.23 bits per heavy atom. The van der Waals surface area contributed by atoms with E-state index in [0.29, 0.717) is 16.0 Å². The van der Waals surface area contributed by atoms with Gasteiger partial charge in [0.25, 0.3) is 0 Å². The number of fused-ring (bicyclic) bond motifs is 1.